The van der Waals surface area contributed by atoms with E-state index in [0.717, 1.165) is 16.9 Å². The van der Waals surface area contributed by atoms with Crippen molar-refractivity contribution in [2.75, 3.05) is 6.79 Å². The predicted octanol–water partition coefficient (Wildman–Crippen LogP) is 1.38. The third-order valence-corrected chi connectivity index (χ3v) is 2.95. The van der Waals surface area contributed by atoms with Gasteiger partial charge in [-0.3, -0.25) is 9.89 Å². The molecule has 1 aromatic carbocycles. The molecule has 1 aromatic heterocycles. The molecular weight excluding hydrogens is 246 g/mol. The van der Waals surface area contributed by atoms with Crippen LogP contribution in [0.25, 0.3) is 0 Å². The zero-order chi connectivity index (χ0) is 13.2. The molecule has 19 heavy (non-hydrogen) atoms. The minimum Gasteiger partial charge on any atom is -0.454 e. The number of nitrogens with one attached hydrogen (secondary N) is 2. The van der Waals surface area contributed by atoms with E-state index in [4.69, 9.17) is 9.47 Å². The van der Waals surface area contributed by atoms with Crippen LogP contribution >= 0.6 is 0 Å². The van der Waals surface area contributed by atoms with Crippen LogP contribution in [0, 0.1) is 6.92 Å². The molecule has 2 aromatic rings. The van der Waals surface area contributed by atoms with E-state index in [2.05, 4.69) is 15.5 Å². The summed E-state index contributed by atoms with van der Waals surface area (Å²) in [5.74, 6) is 1.27. The number of aromatic amines is 1. The fourth-order valence-corrected chi connectivity index (χ4v) is 1.90. The highest BCUT2D eigenvalue weighted by molar-refractivity contribution is 5.93. The average Bonchev–Trinajstić information content (AvgIpc) is 3.03. The summed E-state index contributed by atoms with van der Waals surface area (Å²) < 4.78 is 10.5. The third-order valence-electron chi connectivity index (χ3n) is 2.95. The molecule has 1 amide bonds. The van der Waals surface area contributed by atoms with Gasteiger partial charge in [0.25, 0.3) is 5.91 Å². The molecular formula is C13H13N3O3. The normalized spacial score (nSPS) is 12.5. The number of aryl methyl sites for hydroxylation is 1. The van der Waals surface area contributed by atoms with Crippen molar-refractivity contribution in [3.05, 3.63) is 41.2 Å². The van der Waals surface area contributed by atoms with Crippen LogP contribution in [0.5, 0.6) is 11.5 Å². The Hall–Kier alpha value is -2.50. The summed E-state index contributed by atoms with van der Waals surface area (Å²) in [6.45, 7) is 2.51. The molecule has 0 aliphatic carbocycles. The van der Waals surface area contributed by atoms with Gasteiger partial charge in [0.2, 0.25) is 6.79 Å². The number of aromatic nitrogens is 2. The van der Waals surface area contributed by atoms with Gasteiger partial charge in [-0.05, 0) is 30.2 Å². The highest BCUT2D eigenvalue weighted by atomic mass is 16.7. The molecule has 0 spiro atoms. The minimum absolute atomic E-state index is 0.173. The van der Waals surface area contributed by atoms with E-state index in [1.54, 1.807) is 6.20 Å². The van der Waals surface area contributed by atoms with Crippen molar-refractivity contribution < 1.29 is 14.3 Å². The number of amides is 1. The molecule has 1 aliphatic heterocycles. The molecule has 3 rings (SSSR count). The van der Waals surface area contributed by atoms with Gasteiger partial charge >= 0.3 is 0 Å². The Kier molecular flexibility index (Phi) is 2.83. The van der Waals surface area contributed by atoms with Gasteiger partial charge in [0.15, 0.2) is 11.5 Å². The van der Waals surface area contributed by atoms with Crippen molar-refractivity contribution in [1.82, 2.24) is 15.5 Å². The maximum atomic E-state index is 11.9. The molecule has 6 heteroatoms. The number of hydrogen-bond donors (Lipinski definition) is 2. The number of fused-ring (bicyclic) bond motifs is 1. The van der Waals surface area contributed by atoms with E-state index in [0.29, 0.717) is 18.0 Å². The van der Waals surface area contributed by atoms with E-state index < -0.39 is 0 Å². The summed E-state index contributed by atoms with van der Waals surface area (Å²) in [4.78, 5) is 11.9. The summed E-state index contributed by atoms with van der Waals surface area (Å²) in [7, 11) is 0. The smallest absolute Gasteiger partial charge is 0.269 e. The summed E-state index contributed by atoms with van der Waals surface area (Å²) in [6, 6.07) is 5.60. The second-order valence-electron chi connectivity index (χ2n) is 4.30. The lowest BCUT2D eigenvalue weighted by atomic mass is 10.2. The highest BCUT2D eigenvalue weighted by Crippen LogP contribution is 2.32. The first kappa shape index (κ1) is 11.6. The number of rotatable bonds is 3. The van der Waals surface area contributed by atoms with E-state index in [-0.39, 0.29) is 12.7 Å². The number of H-pyrrole nitrogens is 1. The van der Waals surface area contributed by atoms with E-state index in [1.807, 2.05) is 25.1 Å². The minimum atomic E-state index is -0.173. The van der Waals surface area contributed by atoms with Crippen molar-refractivity contribution >= 4 is 5.91 Å². The maximum Gasteiger partial charge on any atom is 0.269 e. The molecule has 0 saturated heterocycles. The Labute approximate surface area is 109 Å². The topological polar surface area (TPSA) is 76.2 Å². The molecule has 0 saturated carbocycles. The molecule has 1 aliphatic rings. The fourth-order valence-electron chi connectivity index (χ4n) is 1.90. The molecule has 98 valence electrons. The second-order valence-corrected chi connectivity index (χ2v) is 4.30. The Morgan fingerprint density at radius 3 is 3.05 bits per heavy atom. The van der Waals surface area contributed by atoms with Gasteiger partial charge in [-0.15, -0.1) is 0 Å². The van der Waals surface area contributed by atoms with Crippen LogP contribution in [0.3, 0.4) is 0 Å². The number of ether oxygens (including phenoxy) is 2. The van der Waals surface area contributed by atoms with Crippen LogP contribution in [0.2, 0.25) is 0 Å². The Bertz CT molecular complexity index is 621. The van der Waals surface area contributed by atoms with Gasteiger partial charge in [-0.1, -0.05) is 6.07 Å². The lowest BCUT2D eigenvalue weighted by Crippen LogP contribution is -2.23. The van der Waals surface area contributed by atoms with Crippen LogP contribution < -0.4 is 14.8 Å². The predicted molar refractivity (Wildman–Crippen MR) is 67.1 cm³/mol. The summed E-state index contributed by atoms with van der Waals surface area (Å²) in [5.41, 5.74) is 2.26. The van der Waals surface area contributed by atoms with Crippen LogP contribution in [-0.2, 0) is 6.54 Å². The highest BCUT2D eigenvalue weighted by Gasteiger charge is 2.14. The molecule has 0 atom stereocenters. The van der Waals surface area contributed by atoms with Crippen molar-refractivity contribution in [2.45, 2.75) is 13.5 Å². The van der Waals surface area contributed by atoms with Crippen molar-refractivity contribution in [2.24, 2.45) is 0 Å². The second kappa shape index (κ2) is 4.64. The lowest BCUT2D eigenvalue weighted by Gasteiger charge is -2.05. The average molecular weight is 259 g/mol. The Balaban J connectivity index is 1.66. The maximum absolute atomic E-state index is 11.9. The van der Waals surface area contributed by atoms with Gasteiger partial charge in [0.1, 0.15) is 5.69 Å². The van der Waals surface area contributed by atoms with Crippen LogP contribution in [0.15, 0.2) is 24.4 Å². The van der Waals surface area contributed by atoms with Crippen LogP contribution in [-0.4, -0.2) is 22.9 Å². The number of carbonyl (C=O) groups is 1. The van der Waals surface area contributed by atoms with Crippen LogP contribution in [0.1, 0.15) is 21.6 Å². The SMILES string of the molecule is Cc1cn[nH]c1C(=O)NCc1ccc2c(c1)OCO2. The first-order valence-corrected chi connectivity index (χ1v) is 5.91. The van der Waals surface area contributed by atoms with E-state index in [1.165, 1.54) is 0 Å². The molecule has 0 bridgehead atoms. The molecule has 2 heterocycles. The Morgan fingerprint density at radius 2 is 2.26 bits per heavy atom. The van der Waals surface area contributed by atoms with Gasteiger partial charge < -0.3 is 14.8 Å². The van der Waals surface area contributed by atoms with Crippen LogP contribution in [0.4, 0.5) is 0 Å². The number of benzene rings is 1. The number of hydrogen-bond acceptors (Lipinski definition) is 4. The standard InChI is InChI=1S/C13H13N3O3/c1-8-5-15-16-12(8)13(17)14-6-9-2-3-10-11(4-9)19-7-18-10/h2-5H,6-7H2,1H3,(H,14,17)(H,15,16). The summed E-state index contributed by atoms with van der Waals surface area (Å²) >= 11 is 0. The lowest BCUT2D eigenvalue weighted by molar-refractivity contribution is 0.0945. The summed E-state index contributed by atoms with van der Waals surface area (Å²) in [6.07, 6.45) is 1.62. The van der Waals surface area contributed by atoms with Crippen molar-refractivity contribution in [3.63, 3.8) is 0 Å². The van der Waals surface area contributed by atoms with Gasteiger partial charge in [-0.2, -0.15) is 5.10 Å². The molecule has 0 fully saturated rings. The molecule has 0 radical (unpaired) electrons. The van der Waals surface area contributed by atoms with Crippen molar-refractivity contribution in [1.29, 1.82) is 0 Å². The van der Waals surface area contributed by atoms with Gasteiger partial charge in [0, 0.05) is 6.54 Å². The zero-order valence-corrected chi connectivity index (χ0v) is 10.4. The first-order chi connectivity index (χ1) is 9.24. The largest absolute Gasteiger partial charge is 0.454 e. The molecule has 0 unspecified atom stereocenters. The van der Waals surface area contributed by atoms with E-state index in [9.17, 15) is 4.79 Å². The third kappa shape index (κ3) is 2.24. The first-order valence-electron chi connectivity index (χ1n) is 5.91. The molecule has 6 nitrogen and oxygen atoms in total. The Morgan fingerprint density at radius 1 is 1.42 bits per heavy atom. The summed E-state index contributed by atoms with van der Waals surface area (Å²) in [5, 5.41) is 9.33. The monoisotopic (exact) mass is 259 g/mol. The fraction of sp³-hybridized carbons (Fsp3) is 0.231. The quantitative estimate of drug-likeness (QED) is 0.873. The number of carbonyl (C=O) groups excluding carboxylic acids is 1. The van der Waals surface area contributed by atoms with Gasteiger partial charge in [0.05, 0.1) is 6.20 Å². The molecule has 2 N–H and O–H groups in total. The zero-order valence-electron chi connectivity index (χ0n) is 10.4. The number of nitrogens with zero attached hydrogens (tertiary/aromatic N) is 1. The van der Waals surface area contributed by atoms with E-state index >= 15 is 0 Å². The van der Waals surface area contributed by atoms with Gasteiger partial charge in [-0.25, -0.2) is 0 Å². The van der Waals surface area contributed by atoms with Crippen molar-refractivity contribution in [3.8, 4) is 11.5 Å².